The van der Waals surface area contributed by atoms with Gasteiger partial charge in [0, 0.05) is 17.8 Å². The standard InChI is InChI=1S/C10H8N2.C6H8O4.Pd/c1-3-7-11-9(5-1)10-6-2-4-8-12-10;7-4(8)6(5(9)10)2-1-3-6;/h1-8H;1-3H2,(H,7,8)(H,9,10);/q;;+2/p-2. The van der Waals surface area contributed by atoms with Gasteiger partial charge in [0.25, 0.3) is 0 Å². The summed E-state index contributed by atoms with van der Waals surface area (Å²) in [6, 6.07) is 11.6. The first-order valence-corrected chi connectivity index (χ1v) is 6.81. The zero-order valence-corrected chi connectivity index (χ0v) is 13.6. The maximum absolute atomic E-state index is 10.2. The Morgan fingerprint density at radius 3 is 1.48 bits per heavy atom. The molecule has 0 spiro atoms. The Hall–Kier alpha value is -2.10. The van der Waals surface area contributed by atoms with Crippen molar-refractivity contribution in [3.8, 4) is 11.4 Å². The SMILES string of the molecule is O=C([O-])C1(C(=O)[O-])CCC1.[Pd+2].c1ccc(-c2ccccn2)nc1. The zero-order valence-electron chi connectivity index (χ0n) is 12.1. The molecule has 0 aliphatic heterocycles. The maximum Gasteiger partial charge on any atom is 2.00 e. The second kappa shape index (κ2) is 8.51. The van der Waals surface area contributed by atoms with Gasteiger partial charge in [-0.25, -0.2) is 0 Å². The molecule has 122 valence electrons. The van der Waals surface area contributed by atoms with Crippen molar-refractivity contribution in [1.82, 2.24) is 9.97 Å². The number of nitrogens with zero attached hydrogens (tertiary/aromatic N) is 2. The van der Waals surface area contributed by atoms with Crippen molar-refractivity contribution in [3.05, 3.63) is 48.8 Å². The monoisotopic (exact) mass is 404 g/mol. The molecule has 0 saturated heterocycles. The van der Waals surface area contributed by atoms with Crippen LogP contribution in [-0.4, -0.2) is 21.9 Å². The molecule has 0 aromatic carbocycles. The predicted molar refractivity (Wildman–Crippen MR) is 73.8 cm³/mol. The first-order chi connectivity index (χ1) is 10.6. The van der Waals surface area contributed by atoms with Gasteiger partial charge in [-0.2, -0.15) is 0 Å². The predicted octanol–water partition coefficient (Wildman–Crippen LogP) is -0.202. The summed E-state index contributed by atoms with van der Waals surface area (Å²) in [6.07, 6.45) is 4.46. The van der Waals surface area contributed by atoms with Crippen molar-refractivity contribution < 1.29 is 40.2 Å². The summed E-state index contributed by atoms with van der Waals surface area (Å²) < 4.78 is 0. The van der Waals surface area contributed by atoms with Crippen LogP contribution in [0.5, 0.6) is 0 Å². The Balaban J connectivity index is 0.000000224. The fraction of sp³-hybridized carbons (Fsp3) is 0.250. The molecule has 0 amide bonds. The van der Waals surface area contributed by atoms with E-state index in [4.69, 9.17) is 0 Å². The minimum atomic E-state index is -1.67. The van der Waals surface area contributed by atoms with Crippen LogP contribution in [0.15, 0.2) is 48.8 Å². The second-order valence-corrected chi connectivity index (χ2v) is 4.94. The summed E-state index contributed by atoms with van der Waals surface area (Å²) in [5, 5.41) is 20.4. The normalized spacial score (nSPS) is 14.3. The molecule has 2 aromatic rings. The van der Waals surface area contributed by atoms with Gasteiger partial charge < -0.3 is 19.8 Å². The number of aromatic nitrogens is 2. The summed E-state index contributed by atoms with van der Waals surface area (Å²) in [5.74, 6) is -3.03. The third kappa shape index (κ3) is 4.44. The Morgan fingerprint density at radius 2 is 1.30 bits per heavy atom. The molecule has 0 bridgehead atoms. The van der Waals surface area contributed by atoms with Crippen LogP contribution in [0, 0.1) is 5.41 Å². The van der Waals surface area contributed by atoms with Crippen molar-refractivity contribution in [2.45, 2.75) is 19.3 Å². The third-order valence-corrected chi connectivity index (χ3v) is 3.58. The first kappa shape index (κ1) is 19.0. The van der Waals surface area contributed by atoms with E-state index in [0.29, 0.717) is 6.42 Å². The molecule has 0 unspecified atom stereocenters. The molecule has 23 heavy (non-hydrogen) atoms. The van der Waals surface area contributed by atoms with Crippen molar-refractivity contribution in [3.63, 3.8) is 0 Å². The Kier molecular flexibility index (Phi) is 7.01. The van der Waals surface area contributed by atoms with E-state index in [1.54, 1.807) is 12.4 Å². The van der Waals surface area contributed by atoms with E-state index in [-0.39, 0.29) is 33.3 Å². The molecule has 2 heterocycles. The zero-order chi connectivity index (χ0) is 16.0. The quantitative estimate of drug-likeness (QED) is 0.518. The van der Waals surface area contributed by atoms with Crippen LogP contribution in [0.2, 0.25) is 0 Å². The number of carbonyl (C=O) groups is 2. The molecule has 0 radical (unpaired) electrons. The van der Waals surface area contributed by atoms with Crippen molar-refractivity contribution in [2.75, 3.05) is 0 Å². The number of pyridine rings is 2. The fourth-order valence-corrected chi connectivity index (χ4v) is 2.05. The number of carboxylic acid groups (broad SMARTS) is 2. The number of hydrogen-bond acceptors (Lipinski definition) is 6. The molecule has 0 atom stereocenters. The van der Waals surface area contributed by atoms with Crippen molar-refractivity contribution >= 4 is 11.9 Å². The minimum absolute atomic E-state index is 0. The molecule has 2 aromatic heterocycles. The molecule has 6 nitrogen and oxygen atoms in total. The van der Waals surface area contributed by atoms with Gasteiger partial charge in [-0.15, -0.1) is 0 Å². The van der Waals surface area contributed by atoms with Crippen LogP contribution in [0.4, 0.5) is 0 Å². The summed E-state index contributed by atoms with van der Waals surface area (Å²) in [6.45, 7) is 0. The molecule has 1 fully saturated rings. The van der Waals surface area contributed by atoms with Gasteiger partial charge >= 0.3 is 20.4 Å². The van der Waals surface area contributed by atoms with Crippen LogP contribution in [0.25, 0.3) is 11.4 Å². The van der Waals surface area contributed by atoms with Crippen LogP contribution < -0.4 is 10.2 Å². The number of rotatable bonds is 3. The van der Waals surface area contributed by atoms with Crippen LogP contribution in [0.3, 0.4) is 0 Å². The molecule has 0 N–H and O–H groups in total. The molecule has 1 aliphatic rings. The molecule has 7 heteroatoms. The first-order valence-electron chi connectivity index (χ1n) is 6.81. The van der Waals surface area contributed by atoms with Gasteiger partial charge in [0.15, 0.2) is 0 Å². The number of hydrogen-bond donors (Lipinski definition) is 0. The summed E-state index contributed by atoms with van der Waals surface area (Å²) >= 11 is 0. The van der Waals surface area contributed by atoms with E-state index in [2.05, 4.69) is 9.97 Å². The molecule has 1 aliphatic carbocycles. The number of carbonyl (C=O) groups excluding carboxylic acids is 2. The van der Waals surface area contributed by atoms with Gasteiger partial charge in [0.1, 0.15) is 0 Å². The van der Waals surface area contributed by atoms with Crippen molar-refractivity contribution in [1.29, 1.82) is 0 Å². The van der Waals surface area contributed by atoms with Gasteiger partial charge in [-0.1, -0.05) is 18.6 Å². The average Bonchev–Trinajstić information content (AvgIpc) is 2.48. The number of carboxylic acids is 2. The van der Waals surface area contributed by atoms with E-state index < -0.39 is 17.4 Å². The molecule has 1 saturated carbocycles. The average molecular weight is 405 g/mol. The van der Waals surface area contributed by atoms with E-state index in [0.717, 1.165) is 11.4 Å². The fourth-order valence-electron chi connectivity index (χ4n) is 2.05. The second-order valence-electron chi connectivity index (χ2n) is 4.94. The van der Waals surface area contributed by atoms with E-state index >= 15 is 0 Å². The minimum Gasteiger partial charge on any atom is -0.549 e. The Morgan fingerprint density at radius 1 is 0.870 bits per heavy atom. The van der Waals surface area contributed by atoms with E-state index in [9.17, 15) is 19.8 Å². The van der Waals surface area contributed by atoms with Gasteiger partial charge in [-0.3, -0.25) is 9.97 Å². The van der Waals surface area contributed by atoms with Crippen LogP contribution >= 0.6 is 0 Å². The Labute approximate surface area is 147 Å². The van der Waals surface area contributed by atoms with Crippen LogP contribution in [-0.2, 0) is 30.0 Å². The maximum atomic E-state index is 10.2. The summed E-state index contributed by atoms with van der Waals surface area (Å²) in [7, 11) is 0. The summed E-state index contributed by atoms with van der Waals surface area (Å²) in [5.41, 5.74) is 0.163. The molecular formula is C16H14N2O4Pd. The van der Waals surface area contributed by atoms with Gasteiger partial charge in [0.2, 0.25) is 0 Å². The smallest absolute Gasteiger partial charge is 0.549 e. The molecular weight excluding hydrogens is 391 g/mol. The Bertz CT molecular complexity index is 592. The third-order valence-electron chi connectivity index (χ3n) is 3.58. The van der Waals surface area contributed by atoms with E-state index in [1.807, 2.05) is 36.4 Å². The van der Waals surface area contributed by atoms with Gasteiger partial charge in [0.05, 0.1) is 23.3 Å². The van der Waals surface area contributed by atoms with Crippen molar-refractivity contribution in [2.24, 2.45) is 5.41 Å². The number of aliphatic carboxylic acids is 2. The molecule has 3 rings (SSSR count). The van der Waals surface area contributed by atoms with Crippen LogP contribution in [0.1, 0.15) is 19.3 Å². The van der Waals surface area contributed by atoms with E-state index in [1.165, 1.54) is 0 Å². The van der Waals surface area contributed by atoms with Gasteiger partial charge in [-0.05, 0) is 37.1 Å². The largest absolute Gasteiger partial charge is 2.00 e. The summed E-state index contributed by atoms with van der Waals surface area (Å²) in [4.78, 5) is 28.8. The topological polar surface area (TPSA) is 106 Å².